The second-order valence-corrected chi connectivity index (χ2v) is 31.3. The van der Waals surface area contributed by atoms with Crippen LogP contribution in [0, 0.1) is 41.4 Å². The van der Waals surface area contributed by atoms with Crippen LogP contribution in [0.1, 0.15) is 170 Å². The van der Waals surface area contributed by atoms with Crippen molar-refractivity contribution in [3.05, 3.63) is 0 Å². The summed E-state index contributed by atoms with van der Waals surface area (Å²) in [7, 11) is 8.06. The fraction of sp³-hybridized carbons (Fsp3) is 0.831. The third-order valence-corrected chi connectivity index (χ3v) is 22.8. The van der Waals surface area contributed by atoms with Gasteiger partial charge < -0.3 is 64.8 Å². The van der Waals surface area contributed by atoms with Crippen LogP contribution in [0.3, 0.4) is 0 Å². The predicted octanol–water partition coefficient (Wildman–Crippen LogP) is 5.59. The van der Waals surface area contributed by atoms with Crippen LogP contribution in [0.5, 0.6) is 0 Å². The SMILES string of the molecule is CC[C@H](C)[C@@H]1NC(=O)[C@H](CC(C)C)N(C)C(=O)C[C@@H](C(=O)N2CCOCC2)N(C)C(=O)[C@H](C2CCCC2)N(C)C(=O)C(C)(C)NC(=O)[C@@H]2CCCN2C(=O)[C@H](CCC2CCC(C(F)(F)F)C(Cl)C2)NC(=O)CN(C)C(=O)[C@H](CC2CCC(C(F)(F)F)CC2)N(CC)C(=O)CN(C)C(=O)CN(C)C1=O. The van der Waals surface area contributed by atoms with E-state index in [1.54, 1.807) is 20.8 Å². The molecule has 6 fully saturated rings. The zero-order valence-corrected chi connectivity index (χ0v) is 63.2. The largest absolute Gasteiger partial charge is 0.393 e. The number of morpholine rings is 1. The average Bonchev–Trinajstić information content (AvgIpc) is 1.64. The lowest BCUT2D eigenvalue weighted by molar-refractivity contribution is -0.184. The number of carbonyl (C=O) groups is 12. The van der Waals surface area contributed by atoms with Crippen LogP contribution in [-0.4, -0.2) is 282 Å². The number of nitrogens with one attached hydrogen (secondary N) is 3. The van der Waals surface area contributed by atoms with Gasteiger partial charge >= 0.3 is 12.4 Å². The van der Waals surface area contributed by atoms with Gasteiger partial charge in [0, 0.05) is 73.8 Å². The van der Waals surface area contributed by atoms with Crippen molar-refractivity contribution in [3.8, 4) is 0 Å². The Hall–Kier alpha value is -6.53. The first-order chi connectivity index (χ1) is 48.1. The molecule has 0 radical (unpaired) electrons. The van der Waals surface area contributed by atoms with Crippen molar-refractivity contribution in [2.24, 2.45) is 41.4 Å². The summed E-state index contributed by atoms with van der Waals surface area (Å²) in [6.45, 7) is 9.92. The van der Waals surface area contributed by atoms with E-state index in [0.29, 0.717) is 32.1 Å². The fourth-order valence-corrected chi connectivity index (χ4v) is 16.3. The molecular formula is C71H113ClF6N12O13. The summed E-state index contributed by atoms with van der Waals surface area (Å²) < 4.78 is 89.5. The van der Waals surface area contributed by atoms with Crippen molar-refractivity contribution >= 4 is 82.5 Å². The number of nitrogens with zero attached hydrogens (tertiary/aromatic N) is 9. The molecule has 103 heavy (non-hydrogen) atoms. The summed E-state index contributed by atoms with van der Waals surface area (Å²) in [6.07, 6.45) is -7.38. The van der Waals surface area contributed by atoms with Gasteiger partial charge in [0.2, 0.25) is 70.9 Å². The highest BCUT2D eigenvalue weighted by Gasteiger charge is 2.51. The first-order valence-electron chi connectivity index (χ1n) is 36.8. The zero-order chi connectivity index (χ0) is 76.9. The Labute approximate surface area is 607 Å². The Kier molecular flexibility index (Phi) is 30.8. The summed E-state index contributed by atoms with van der Waals surface area (Å²) in [5.74, 6) is -14.5. The highest BCUT2D eigenvalue weighted by molar-refractivity contribution is 6.21. The van der Waals surface area contributed by atoms with Gasteiger partial charge in [-0.3, -0.25) is 57.5 Å². The van der Waals surface area contributed by atoms with Crippen molar-refractivity contribution in [1.29, 1.82) is 0 Å². The van der Waals surface area contributed by atoms with E-state index in [4.69, 9.17) is 16.3 Å². The summed E-state index contributed by atoms with van der Waals surface area (Å²) in [4.78, 5) is 189. The summed E-state index contributed by atoms with van der Waals surface area (Å²) >= 11 is 6.36. The number of rotatable bonds is 12. The van der Waals surface area contributed by atoms with Crippen molar-refractivity contribution in [2.45, 2.75) is 236 Å². The van der Waals surface area contributed by atoms with E-state index in [9.17, 15) is 64.7 Å². The number of alkyl halides is 7. The van der Waals surface area contributed by atoms with Crippen LogP contribution < -0.4 is 16.0 Å². The molecule has 0 bridgehead atoms. The lowest BCUT2D eigenvalue weighted by atomic mass is 9.78. The molecule has 3 heterocycles. The topological polar surface area (TPSA) is 279 Å². The molecule has 12 amide bonds. The number of halogens is 7. The van der Waals surface area contributed by atoms with Gasteiger partial charge in [-0.05, 0) is 147 Å². The molecule has 6 aliphatic rings. The van der Waals surface area contributed by atoms with Gasteiger partial charge in [-0.25, -0.2) is 0 Å². The molecule has 0 aromatic carbocycles. The molecule has 0 aromatic heterocycles. The second-order valence-electron chi connectivity index (χ2n) is 30.7. The van der Waals surface area contributed by atoms with Gasteiger partial charge in [0.05, 0.1) is 51.1 Å². The molecule has 0 spiro atoms. The molecule has 25 nitrogen and oxygen atoms in total. The first kappa shape index (κ1) is 85.4. The van der Waals surface area contributed by atoms with Crippen LogP contribution >= 0.6 is 11.6 Å². The highest BCUT2D eigenvalue weighted by Crippen LogP contribution is 2.45. The molecule has 32 heteroatoms. The van der Waals surface area contributed by atoms with Gasteiger partial charge in [0.15, 0.2) is 0 Å². The molecule has 3 aliphatic carbocycles. The minimum absolute atomic E-state index is 0.0169. The molecule has 6 rings (SSSR count). The van der Waals surface area contributed by atoms with Crippen molar-refractivity contribution in [3.63, 3.8) is 0 Å². The molecule has 3 saturated heterocycles. The van der Waals surface area contributed by atoms with Crippen LogP contribution in [0.2, 0.25) is 0 Å². The van der Waals surface area contributed by atoms with Crippen LogP contribution in [0.25, 0.3) is 0 Å². The second kappa shape index (κ2) is 37.1. The Morgan fingerprint density at radius 1 is 0.621 bits per heavy atom. The van der Waals surface area contributed by atoms with Crippen LogP contribution in [0.15, 0.2) is 0 Å². The minimum atomic E-state index is -4.56. The Morgan fingerprint density at radius 2 is 1.22 bits per heavy atom. The third kappa shape index (κ3) is 22.3. The molecule has 11 atom stereocenters. The summed E-state index contributed by atoms with van der Waals surface area (Å²) in [6, 6.07) is -9.38. The number of hydrogen-bond donors (Lipinski definition) is 3. The standard InChI is InChI=1S/C71H113ClF6N12O13/c1-14-43(5)59-66(100)84(10)40-57(93)82(8)41-58(94)89(15-2)54(37-45-22-26-47(27-23-45)70(73,74)75)64(98)83(9)39-55(91)79-50(29-25-44-24-28-48(49(72)36-44)71(76,77)78)63(97)90-30-18-21-51(90)62(96)81-69(6,7)68(102)87(13)60(46-19-16-17-20-46)67(101)86(12)53(65(99)88-31-33-103-34-32-88)38-56(92)85(11)52(35-42(3)4)61(95)80-59/h42-54,59-60H,14-41H2,1-13H3,(H,79,91)(H,80,95)(H,81,96)/t43-,44?,45?,47?,48?,49?,50-,51-,52-,53-,54-,59-,60-/m0/s1. The molecule has 3 N–H and O–H groups in total. The lowest BCUT2D eigenvalue weighted by Crippen LogP contribution is -2.64. The van der Waals surface area contributed by atoms with Gasteiger partial charge in [0.1, 0.15) is 47.8 Å². The Bertz CT molecular complexity index is 3000. The molecule has 3 unspecified atom stereocenters. The molecule has 0 aromatic rings. The Morgan fingerprint density at radius 3 is 1.80 bits per heavy atom. The van der Waals surface area contributed by atoms with Crippen molar-refractivity contribution in [2.75, 3.05) is 101 Å². The van der Waals surface area contributed by atoms with Gasteiger partial charge in [0.25, 0.3) is 0 Å². The van der Waals surface area contributed by atoms with Crippen LogP contribution in [0.4, 0.5) is 26.3 Å². The maximum absolute atomic E-state index is 15.5. The number of fused-ring (bicyclic) bond motifs is 1. The number of amides is 12. The van der Waals surface area contributed by atoms with E-state index in [-0.39, 0.29) is 129 Å². The van der Waals surface area contributed by atoms with E-state index >= 15 is 19.2 Å². The fourth-order valence-electron chi connectivity index (χ4n) is 15.8. The van der Waals surface area contributed by atoms with Crippen molar-refractivity contribution < 1.29 is 88.6 Å². The van der Waals surface area contributed by atoms with E-state index in [2.05, 4.69) is 16.0 Å². The average molecular weight is 1490 g/mol. The maximum atomic E-state index is 15.5. The minimum Gasteiger partial charge on any atom is -0.378 e. The van der Waals surface area contributed by atoms with Crippen molar-refractivity contribution in [1.82, 2.24) is 60.0 Å². The number of likely N-dealkylation sites (N-methyl/N-ethyl adjacent to an activating group) is 7. The van der Waals surface area contributed by atoms with Gasteiger partial charge in [-0.1, -0.05) is 47.0 Å². The molecule has 3 aliphatic heterocycles. The number of ether oxygens (including phenoxy) is 1. The molecular weight excluding hydrogens is 1380 g/mol. The predicted molar refractivity (Wildman–Crippen MR) is 369 cm³/mol. The highest BCUT2D eigenvalue weighted by atomic mass is 35.5. The van der Waals surface area contributed by atoms with Gasteiger partial charge in [-0.2, -0.15) is 26.3 Å². The van der Waals surface area contributed by atoms with E-state index in [1.807, 2.05) is 13.8 Å². The number of hydrogen-bond acceptors (Lipinski definition) is 13. The first-order valence-corrected chi connectivity index (χ1v) is 37.3. The summed E-state index contributed by atoms with van der Waals surface area (Å²) in [5.41, 5.74) is -1.80. The molecule has 584 valence electrons. The van der Waals surface area contributed by atoms with E-state index in [0.717, 1.165) is 19.6 Å². The van der Waals surface area contributed by atoms with Gasteiger partial charge in [-0.15, -0.1) is 11.6 Å². The summed E-state index contributed by atoms with van der Waals surface area (Å²) in [5, 5.41) is 7.11. The lowest BCUT2D eigenvalue weighted by Gasteiger charge is -2.41. The maximum Gasteiger partial charge on any atom is 0.393 e. The third-order valence-electron chi connectivity index (χ3n) is 22.4. The van der Waals surface area contributed by atoms with Crippen LogP contribution in [-0.2, 0) is 62.3 Å². The normalized spacial score (nSPS) is 30.3. The molecule has 3 saturated carbocycles. The quantitative estimate of drug-likeness (QED) is 0.159. The number of carbonyl (C=O) groups excluding carboxylic acids is 12. The van der Waals surface area contributed by atoms with E-state index < -0.39 is 198 Å². The smallest absolute Gasteiger partial charge is 0.378 e. The monoisotopic (exact) mass is 1490 g/mol. The Balaban J connectivity index is 1.42. The zero-order valence-electron chi connectivity index (χ0n) is 62.4. The van der Waals surface area contributed by atoms with E-state index in [1.165, 1.54) is 80.6 Å².